The highest BCUT2D eigenvalue weighted by molar-refractivity contribution is 5.99. The summed E-state index contributed by atoms with van der Waals surface area (Å²) >= 11 is 0. The predicted molar refractivity (Wildman–Crippen MR) is 64.7 cm³/mol. The molecular weight excluding hydrogens is 232 g/mol. The van der Waals surface area contributed by atoms with Gasteiger partial charge < -0.3 is 5.32 Å². The van der Waals surface area contributed by atoms with Gasteiger partial charge in [-0.1, -0.05) is 12.1 Å². The Morgan fingerprint density at radius 1 is 1.39 bits per heavy atom. The first-order valence-corrected chi connectivity index (χ1v) is 5.38. The smallest absolute Gasteiger partial charge is 0.247 e. The second-order valence-electron chi connectivity index (χ2n) is 3.76. The first kappa shape index (κ1) is 10.5. The Labute approximate surface area is 102 Å². The second-order valence-corrected chi connectivity index (χ2v) is 3.76. The van der Waals surface area contributed by atoms with Crippen LogP contribution in [0, 0.1) is 0 Å². The van der Waals surface area contributed by atoms with Crippen molar-refractivity contribution in [2.45, 2.75) is 6.54 Å². The zero-order valence-electron chi connectivity index (χ0n) is 9.37. The van der Waals surface area contributed by atoms with Crippen LogP contribution in [0.3, 0.4) is 0 Å². The zero-order chi connectivity index (χ0) is 12.4. The standard InChI is InChI=1S/C11H10N6O/c18-10(5-17-7-12-6-13-17)14-11-8-3-1-2-4-9(8)15-16-11/h1-4,6-7H,5H2,(H2,14,15,16,18). The highest BCUT2D eigenvalue weighted by Crippen LogP contribution is 2.19. The fourth-order valence-electron chi connectivity index (χ4n) is 1.69. The van der Waals surface area contributed by atoms with Gasteiger partial charge in [0.2, 0.25) is 5.91 Å². The fourth-order valence-corrected chi connectivity index (χ4v) is 1.69. The number of fused-ring (bicyclic) bond motifs is 1. The summed E-state index contributed by atoms with van der Waals surface area (Å²) < 4.78 is 1.45. The fraction of sp³-hybridized carbons (Fsp3) is 0.0909. The SMILES string of the molecule is O=C(Cn1cncn1)Nc1n[nH]c2ccccc12. The normalized spacial score (nSPS) is 10.7. The van der Waals surface area contributed by atoms with E-state index >= 15 is 0 Å². The van der Waals surface area contributed by atoms with Crippen molar-refractivity contribution in [1.29, 1.82) is 0 Å². The van der Waals surface area contributed by atoms with Crippen molar-refractivity contribution in [3.05, 3.63) is 36.9 Å². The van der Waals surface area contributed by atoms with E-state index in [4.69, 9.17) is 0 Å². The molecule has 0 unspecified atom stereocenters. The van der Waals surface area contributed by atoms with Gasteiger partial charge in [0.15, 0.2) is 5.82 Å². The highest BCUT2D eigenvalue weighted by atomic mass is 16.2. The third-order valence-electron chi connectivity index (χ3n) is 2.50. The van der Waals surface area contributed by atoms with Crippen LogP contribution in [0.4, 0.5) is 5.82 Å². The number of hydrogen-bond donors (Lipinski definition) is 2. The molecule has 3 rings (SSSR count). The molecule has 0 atom stereocenters. The number of amides is 1. The van der Waals surface area contributed by atoms with Gasteiger partial charge in [0.25, 0.3) is 0 Å². The Kier molecular flexibility index (Phi) is 2.49. The van der Waals surface area contributed by atoms with Gasteiger partial charge in [-0.05, 0) is 12.1 Å². The number of hydrogen-bond acceptors (Lipinski definition) is 4. The summed E-state index contributed by atoms with van der Waals surface area (Å²) in [6, 6.07) is 7.59. The van der Waals surface area contributed by atoms with E-state index < -0.39 is 0 Å². The molecule has 0 bridgehead atoms. The number of rotatable bonds is 3. The minimum atomic E-state index is -0.197. The van der Waals surface area contributed by atoms with Crippen LogP contribution in [0.1, 0.15) is 0 Å². The monoisotopic (exact) mass is 242 g/mol. The van der Waals surface area contributed by atoms with Crippen LogP contribution in [-0.2, 0) is 11.3 Å². The van der Waals surface area contributed by atoms with Crippen LogP contribution in [0.2, 0.25) is 0 Å². The quantitative estimate of drug-likeness (QED) is 0.710. The van der Waals surface area contributed by atoms with E-state index in [1.54, 1.807) is 0 Å². The molecule has 0 saturated carbocycles. The van der Waals surface area contributed by atoms with Crippen molar-refractivity contribution < 1.29 is 4.79 Å². The van der Waals surface area contributed by atoms with Crippen molar-refractivity contribution in [3.63, 3.8) is 0 Å². The lowest BCUT2D eigenvalue weighted by atomic mass is 10.2. The van der Waals surface area contributed by atoms with Crippen molar-refractivity contribution in [3.8, 4) is 0 Å². The summed E-state index contributed by atoms with van der Waals surface area (Å²) in [5, 5.41) is 14.4. The van der Waals surface area contributed by atoms with Gasteiger partial charge in [-0.2, -0.15) is 10.2 Å². The summed E-state index contributed by atoms with van der Waals surface area (Å²) in [7, 11) is 0. The average molecular weight is 242 g/mol. The van der Waals surface area contributed by atoms with E-state index in [0.717, 1.165) is 10.9 Å². The van der Waals surface area contributed by atoms with E-state index in [-0.39, 0.29) is 12.5 Å². The zero-order valence-corrected chi connectivity index (χ0v) is 9.37. The van der Waals surface area contributed by atoms with Crippen molar-refractivity contribution >= 4 is 22.6 Å². The summed E-state index contributed by atoms with van der Waals surface area (Å²) in [6.45, 7) is 0.112. The molecule has 0 saturated heterocycles. The summed E-state index contributed by atoms with van der Waals surface area (Å²) in [6.07, 6.45) is 2.87. The maximum Gasteiger partial charge on any atom is 0.247 e. The second kappa shape index (κ2) is 4.28. The third kappa shape index (κ3) is 1.93. The number of benzene rings is 1. The molecule has 1 amide bonds. The average Bonchev–Trinajstić information content (AvgIpc) is 3.00. The van der Waals surface area contributed by atoms with Crippen LogP contribution in [-0.4, -0.2) is 30.9 Å². The Hall–Kier alpha value is -2.70. The number of anilines is 1. The molecular formula is C11H10N6O. The minimum Gasteiger partial charge on any atom is -0.307 e. The summed E-state index contributed by atoms with van der Waals surface area (Å²) in [4.78, 5) is 15.5. The Morgan fingerprint density at radius 3 is 3.11 bits per heavy atom. The van der Waals surface area contributed by atoms with Crippen molar-refractivity contribution in [2.75, 3.05) is 5.32 Å². The molecule has 18 heavy (non-hydrogen) atoms. The number of carbonyl (C=O) groups is 1. The minimum absolute atomic E-state index is 0.112. The van der Waals surface area contributed by atoms with Gasteiger partial charge >= 0.3 is 0 Å². The van der Waals surface area contributed by atoms with E-state index in [9.17, 15) is 4.79 Å². The molecule has 0 aliphatic rings. The van der Waals surface area contributed by atoms with Crippen LogP contribution in [0.25, 0.3) is 10.9 Å². The Morgan fingerprint density at radius 2 is 2.28 bits per heavy atom. The lowest BCUT2D eigenvalue weighted by molar-refractivity contribution is -0.116. The van der Waals surface area contributed by atoms with Crippen LogP contribution in [0.5, 0.6) is 0 Å². The molecule has 0 radical (unpaired) electrons. The molecule has 2 aromatic heterocycles. The number of aromatic amines is 1. The van der Waals surface area contributed by atoms with Gasteiger partial charge in [0.05, 0.1) is 5.52 Å². The molecule has 0 fully saturated rings. The van der Waals surface area contributed by atoms with Gasteiger partial charge in [-0.3, -0.25) is 9.89 Å². The largest absolute Gasteiger partial charge is 0.307 e. The van der Waals surface area contributed by atoms with Gasteiger partial charge in [0, 0.05) is 5.39 Å². The first-order valence-electron chi connectivity index (χ1n) is 5.38. The van der Waals surface area contributed by atoms with E-state index in [1.165, 1.54) is 17.3 Å². The maximum absolute atomic E-state index is 11.8. The van der Waals surface area contributed by atoms with Crippen LogP contribution < -0.4 is 5.32 Å². The number of para-hydroxylation sites is 1. The van der Waals surface area contributed by atoms with Gasteiger partial charge in [-0.25, -0.2) is 9.67 Å². The van der Waals surface area contributed by atoms with Crippen molar-refractivity contribution in [1.82, 2.24) is 25.0 Å². The molecule has 0 aliphatic carbocycles. The first-order chi connectivity index (χ1) is 8.83. The summed E-state index contributed by atoms with van der Waals surface area (Å²) in [5.41, 5.74) is 0.883. The number of H-pyrrole nitrogens is 1. The third-order valence-corrected chi connectivity index (χ3v) is 2.50. The maximum atomic E-state index is 11.8. The number of aromatic nitrogens is 5. The Balaban J connectivity index is 1.78. The number of carbonyl (C=O) groups excluding carboxylic acids is 1. The molecule has 2 heterocycles. The molecule has 2 N–H and O–H groups in total. The van der Waals surface area contributed by atoms with E-state index in [2.05, 4.69) is 25.6 Å². The Bertz CT molecular complexity index is 672. The van der Waals surface area contributed by atoms with Crippen LogP contribution in [0.15, 0.2) is 36.9 Å². The molecule has 3 aromatic rings. The lowest BCUT2D eigenvalue weighted by Gasteiger charge is -2.01. The number of nitrogens with one attached hydrogen (secondary N) is 2. The molecule has 0 spiro atoms. The van der Waals surface area contributed by atoms with E-state index in [1.807, 2.05) is 24.3 Å². The molecule has 7 heteroatoms. The number of nitrogens with zero attached hydrogens (tertiary/aromatic N) is 4. The summed E-state index contributed by atoms with van der Waals surface area (Å²) in [5.74, 6) is 0.327. The topological polar surface area (TPSA) is 88.5 Å². The molecule has 1 aromatic carbocycles. The lowest BCUT2D eigenvalue weighted by Crippen LogP contribution is -2.19. The predicted octanol–water partition coefficient (Wildman–Crippen LogP) is 0.793. The molecule has 90 valence electrons. The molecule has 7 nitrogen and oxygen atoms in total. The van der Waals surface area contributed by atoms with Crippen LogP contribution >= 0.6 is 0 Å². The van der Waals surface area contributed by atoms with E-state index in [0.29, 0.717) is 5.82 Å². The molecule has 0 aliphatic heterocycles. The highest BCUT2D eigenvalue weighted by Gasteiger charge is 2.09. The van der Waals surface area contributed by atoms with Gasteiger partial charge in [-0.15, -0.1) is 0 Å². The van der Waals surface area contributed by atoms with Crippen molar-refractivity contribution in [2.24, 2.45) is 0 Å². The van der Waals surface area contributed by atoms with Gasteiger partial charge in [0.1, 0.15) is 19.2 Å².